The van der Waals surface area contributed by atoms with Gasteiger partial charge in [0.1, 0.15) is 5.82 Å². The van der Waals surface area contributed by atoms with Gasteiger partial charge in [-0.1, -0.05) is 41.5 Å². The second-order valence-corrected chi connectivity index (χ2v) is 5.23. The molecule has 1 atom stereocenters. The van der Waals surface area contributed by atoms with Gasteiger partial charge in [0, 0.05) is 13.6 Å². The fraction of sp³-hybridized carbons (Fsp3) is 0.294. The van der Waals surface area contributed by atoms with Crippen molar-refractivity contribution in [1.29, 1.82) is 0 Å². The van der Waals surface area contributed by atoms with Crippen LogP contribution >= 0.6 is 0 Å². The van der Waals surface area contributed by atoms with Crippen molar-refractivity contribution in [2.24, 2.45) is 5.73 Å². The van der Waals surface area contributed by atoms with E-state index in [9.17, 15) is 4.39 Å². The molecule has 3 heteroatoms. The van der Waals surface area contributed by atoms with Crippen molar-refractivity contribution in [1.82, 2.24) is 0 Å². The van der Waals surface area contributed by atoms with Crippen molar-refractivity contribution in [3.8, 4) is 0 Å². The predicted molar refractivity (Wildman–Crippen MR) is 82.5 cm³/mol. The predicted octanol–water partition coefficient (Wildman–Crippen LogP) is 3.58. The average Bonchev–Trinajstić information content (AvgIpc) is 2.38. The lowest BCUT2D eigenvalue weighted by atomic mass is 10.00. The highest BCUT2D eigenvalue weighted by Crippen LogP contribution is 2.28. The lowest BCUT2D eigenvalue weighted by molar-refractivity contribution is 0.603. The Labute approximate surface area is 120 Å². The van der Waals surface area contributed by atoms with Gasteiger partial charge in [-0.3, -0.25) is 0 Å². The van der Waals surface area contributed by atoms with Crippen LogP contribution in [0.15, 0.2) is 42.5 Å². The minimum absolute atomic E-state index is 0.0366. The molecule has 0 amide bonds. The maximum Gasteiger partial charge on any atom is 0.146 e. The molecule has 2 rings (SSSR count). The number of nitrogens with two attached hydrogens (primary N) is 1. The number of aryl methyl sites for hydroxylation is 2. The molecule has 0 heterocycles. The number of anilines is 1. The molecule has 20 heavy (non-hydrogen) atoms. The zero-order valence-corrected chi connectivity index (χ0v) is 12.2. The SMILES string of the molecule is Cc1cc(C)cc(C(CN)N(C)c2ccccc2F)c1. The van der Waals surface area contributed by atoms with Crippen LogP contribution in [0.5, 0.6) is 0 Å². The van der Waals surface area contributed by atoms with Gasteiger partial charge in [-0.05, 0) is 31.5 Å². The minimum atomic E-state index is -0.224. The monoisotopic (exact) mass is 272 g/mol. The molecule has 2 aromatic rings. The zero-order chi connectivity index (χ0) is 14.7. The second kappa shape index (κ2) is 6.06. The smallest absolute Gasteiger partial charge is 0.146 e. The van der Waals surface area contributed by atoms with Gasteiger partial charge in [0.2, 0.25) is 0 Å². The number of likely N-dealkylation sites (N-methyl/N-ethyl adjacent to an activating group) is 1. The molecule has 2 N–H and O–H groups in total. The van der Waals surface area contributed by atoms with Crippen LogP contribution in [-0.4, -0.2) is 13.6 Å². The van der Waals surface area contributed by atoms with Crippen LogP contribution < -0.4 is 10.6 Å². The Morgan fingerprint density at radius 1 is 1.10 bits per heavy atom. The minimum Gasteiger partial charge on any atom is -0.364 e. The topological polar surface area (TPSA) is 29.3 Å². The summed E-state index contributed by atoms with van der Waals surface area (Å²) in [5.41, 5.74) is 10.0. The summed E-state index contributed by atoms with van der Waals surface area (Å²) in [5.74, 6) is -0.224. The second-order valence-electron chi connectivity index (χ2n) is 5.23. The molecule has 0 aliphatic rings. The largest absolute Gasteiger partial charge is 0.364 e. The standard InChI is InChI=1S/C17H21FN2/c1-12-8-13(2)10-14(9-12)17(11-19)20(3)16-7-5-4-6-15(16)18/h4-10,17H,11,19H2,1-3H3. The van der Waals surface area contributed by atoms with Crippen molar-refractivity contribution in [3.63, 3.8) is 0 Å². The van der Waals surface area contributed by atoms with Crippen molar-refractivity contribution < 1.29 is 4.39 Å². The van der Waals surface area contributed by atoms with E-state index in [-0.39, 0.29) is 11.9 Å². The van der Waals surface area contributed by atoms with E-state index in [2.05, 4.69) is 32.0 Å². The highest BCUT2D eigenvalue weighted by molar-refractivity contribution is 5.50. The van der Waals surface area contributed by atoms with Crippen LogP contribution in [0.25, 0.3) is 0 Å². The summed E-state index contributed by atoms with van der Waals surface area (Å²) < 4.78 is 13.9. The fourth-order valence-corrected chi connectivity index (χ4v) is 2.63. The Bertz CT molecular complexity index is 575. The summed E-state index contributed by atoms with van der Waals surface area (Å²) in [4.78, 5) is 1.91. The quantitative estimate of drug-likeness (QED) is 0.921. The molecular formula is C17H21FN2. The molecule has 0 aliphatic heterocycles. The van der Waals surface area contributed by atoms with E-state index in [1.54, 1.807) is 12.1 Å². The van der Waals surface area contributed by atoms with Gasteiger partial charge < -0.3 is 10.6 Å². The van der Waals surface area contributed by atoms with Gasteiger partial charge in [-0.2, -0.15) is 0 Å². The number of rotatable bonds is 4. The first-order valence-corrected chi connectivity index (χ1v) is 6.78. The summed E-state index contributed by atoms with van der Waals surface area (Å²) >= 11 is 0. The first-order chi connectivity index (χ1) is 9.52. The number of halogens is 1. The van der Waals surface area contributed by atoms with Crippen molar-refractivity contribution in [2.45, 2.75) is 19.9 Å². The molecule has 1 unspecified atom stereocenters. The highest BCUT2D eigenvalue weighted by Gasteiger charge is 2.18. The molecule has 0 radical (unpaired) electrons. The highest BCUT2D eigenvalue weighted by atomic mass is 19.1. The number of para-hydroxylation sites is 1. The maximum atomic E-state index is 13.9. The Kier molecular flexibility index (Phi) is 4.40. The summed E-state index contributed by atoms with van der Waals surface area (Å²) in [6.07, 6.45) is 0. The van der Waals surface area contributed by atoms with E-state index in [1.807, 2.05) is 18.0 Å². The fourth-order valence-electron chi connectivity index (χ4n) is 2.63. The van der Waals surface area contributed by atoms with Crippen LogP contribution in [0.2, 0.25) is 0 Å². The van der Waals surface area contributed by atoms with Gasteiger partial charge in [0.05, 0.1) is 11.7 Å². The zero-order valence-electron chi connectivity index (χ0n) is 12.2. The maximum absolute atomic E-state index is 13.9. The molecule has 2 nitrogen and oxygen atoms in total. The van der Waals surface area contributed by atoms with Gasteiger partial charge >= 0.3 is 0 Å². The summed E-state index contributed by atoms with van der Waals surface area (Å²) in [5, 5.41) is 0. The van der Waals surface area contributed by atoms with E-state index in [1.165, 1.54) is 17.2 Å². The molecule has 0 spiro atoms. The normalized spacial score (nSPS) is 12.2. The van der Waals surface area contributed by atoms with Crippen molar-refractivity contribution in [2.75, 3.05) is 18.5 Å². The Balaban J connectivity index is 2.39. The molecule has 106 valence electrons. The first-order valence-electron chi connectivity index (χ1n) is 6.78. The Morgan fingerprint density at radius 3 is 2.25 bits per heavy atom. The third kappa shape index (κ3) is 2.99. The van der Waals surface area contributed by atoms with Crippen LogP contribution in [-0.2, 0) is 0 Å². The molecule has 0 saturated heterocycles. The molecule has 0 fully saturated rings. The van der Waals surface area contributed by atoms with Crippen molar-refractivity contribution >= 4 is 5.69 Å². The van der Waals surface area contributed by atoms with E-state index in [0.717, 1.165) is 5.56 Å². The lowest BCUT2D eigenvalue weighted by Crippen LogP contribution is -2.31. The summed E-state index contributed by atoms with van der Waals surface area (Å²) in [6, 6.07) is 13.1. The summed E-state index contributed by atoms with van der Waals surface area (Å²) in [6.45, 7) is 4.56. The van der Waals surface area contributed by atoms with Crippen LogP contribution in [0.4, 0.5) is 10.1 Å². The number of hydrogen-bond acceptors (Lipinski definition) is 2. The molecule has 0 aromatic heterocycles. The van der Waals surface area contributed by atoms with Gasteiger partial charge in [-0.15, -0.1) is 0 Å². The molecule has 0 aliphatic carbocycles. The first kappa shape index (κ1) is 14.5. The third-order valence-electron chi connectivity index (χ3n) is 3.55. The Morgan fingerprint density at radius 2 is 1.70 bits per heavy atom. The van der Waals surface area contributed by atoms with E-state index in [0.29, 0.717) is 12.2 Å². The molecule has 0 saturated carbocycles. The number of benzene rings is 2. The average molecular weight is 272 g/mol. The van der Waals surface area contributed by atoms with E-state index in [4.69, 9.17) is 5.73 Å². The Hall–Kier alpha value is -1.87. The van der Waals surface area contributed by atoms with Gasteiger partial charge in [0.15, 0.2) is 0 Å². The number of hydrogen-bond donors (Lipinski definition) is 1. The summed E-state index contributed by atoms with van der Waals surface area (Å²) in [7, 11) is 1.88. The molecular weight excluding hydrogens is 251 g/mol. The lowest BCUT2D eigenvalue weighted by Gasteiger charge is -2.30. The van der Waals surface area contributed by atoms with Gasteiger partial charge in [-0.25, -0.2) is 4.39 Å². The van der Waals surface area contributed by atoms with E-state index < -0.39 is 0 Å². The van der Waals surface area contributed by atoms with Gasteiger partial charge in [0.25, 0.3) is 0 Å². The van der Waals surface area contributed by atoms with Crippen LogP contribution in [0.1, 0.15) is 22.7 Å². The number of nitrogens with zero attached hydrogens (tertiary/aromatic N) is 1. The van der Waals surface area contributed by atoms with E-state index >= 15 is 0 Å². The molecule has 2 aromatic carbocycles. The van der Waals surface area contributed by atoms with Crippen LogP contribution in [0, 0.1) is 19.7 Å². The third-order valence-corrected chi connectivity index (χ3v) is 3.55. The molecule has 0 bridgehead atoms. The van der Waals surface area contributed by atoms with Crippen molar-refractivity contribution in [3.05, 3.63) is 65.0 Å². The van der Waals surface area contributed by atoms with Crippen LogP contribution in [0.3, 0.4) is 0 Å².